The first-order valence-electron chi connectivity index (χ1n) is 7.67. The highest BCUT2D eigenvalue weighted by atomic mass is 16.2. The maximum Gasteiger partial charge on any atom is 0.278 e. The largest absolute Gasteiger partial charge is 0.345 e. The molecule has 0 spiro atoms. The van der Waals surface area contributed by atoms with Crippen LogP contribution in [0.3, 0.4) is 0 Å². The zero-order valence-corrected chi connectivity index (χ0v) is 14.9. The van der Waals surface area contributed by atoms with Gasteiger partial charge in [0.05, 0.1) is 11.2 Å². The summed E-state index contributed by atoms with van der Waals surface area (Å²) in [5.74, 6) is -0.474. The summed E-state index contributed by atoms with van der Waals surface area (Å²) in [5, 5.41) is 11.4. The molecule has 0 saturated carbocycles. The highest BCUT2D eigenvalue weighted by Crippen LogP contribution is 2.16. The van der Waals surface area contributed by atoms with E-state index in [9.17, 15) is 9.59 Å². The Kier molecular flexibility index (Phi) is 4.73. The number of aryl methyl sites for hydroxylation is 1. The molecule has 7 heteroatoms. The second-order valence-electron chi connectivity index (χ2n) is 6.83. The fourth-order valence-electron chi connectivity index (χ4n) is 2.07. The number of nitrogens with zero attached hydrogens (tertiary/aromatic N) is 4. The van der Waals surface area contributed by atoms with Gasteiger partial charge in [0, 0.05) is 25.3 Å². The predicted molar refractivity (Wildman–Crippen MR) is 92.2 cm³/mol. The third kappa shape index (κ3) is 3.79. The van der Waals surface area contributed by atoms with Gasteiger partial charge < -0.3 is 10.2 Å². The van der Waals surface area contributed by atoms with Gasteiger partial charge in [-0.05, 0) is 45.9 Å². The average Bonchev–Trinajstić information content (AvgIpc) is 2.89. The van der Waals surface area contributed by atoms with Crippen molar-refractivity contribution in [3.05, 3.63) is 41.2 Å². The summed E-state index contributed by atoms with van der Waals surface area (Å²) >= 11 is 0. The fourth-order valence-corrected chi connectivity index (χ4v) is 2.07. The lowest BCUT2D eigenvalue weighted by atomic mass is 10.1. The van der Waals surface area contributed by atoms with E-state index < -0.39 is 0 Å². The summed E-state index contributed by atoms with van der Waals surface area (Å²) < 4.78 is 0. The van der Waals surface area contributed by atoms with Crippen LogP contribution in [0.2, 0.25) is 0 Å². The monoisotopic (exact) mass is 329 g/mol. The van der Waals surface area contributed by atoms with Gasteiger partial charge in [0.25, 0.3) is 11.8 Å². The SMILES string of the molecule is Cc1nn(C(C)(C)C)nc1C(=O)Nc1cccc(C(=O)N(C)C)c1. The third-order valence-corrected chi connectivity index (χ3v) is 3.37. The molecule has 7 nitrogen and oxygen atoms in total. The second kappa shape index (κ2) is 6.43. The van der Waals surface area contributed by atoms with Crippen molar-refractivity contribution < 1.29 is 9.59 Å². The Labute approximate surface area is 141 Å². The third-order valence-electron chi connectivity index (χ3n) is 3.37. The molecule has 2 amide bonds. The van der Waals surface area contributed by atoms with Crippen molar-refractivity contribution in [3.8, 4) is 0 Å². The molecule has 0 atom stereocenters. The summed E-state index contributed by atoms with van der Waals surface area (Å²) in [4.78, 5) is 27.5. The maximum absolute atomic E-state index is 12.5. The van der Waals surface area contributed by atoms with Crippen LogP contribution in [0.4, 0.5) is 5.69 Å². The fraction of sp³-hybridized carbons (Fsp3) is 0.412. The van der Waals surface area contributed by atoms with Crippen molar-refractivity contribution >= 4 is 17.5 Å². The molecule has 0 bridgehead atoms. The number of carbonyl (C=O) groups is 2. The van der Waals surface area contributed by atoms with Crippen molar-refractivity contribution in [2.75, 3.05) is 19.4 Å². The Morgan fingerprint density at radius 2 is 1.83 bits per heavy atom. The number of aromatic nitrogens is 3. The van der Waals surface area contributed by atoms with E-state index in [0.717, 1.165) is 0 Å². The van der Waals surface area contributed by atoms with Crippen LogP contribution in [-0.4, -0.2) is 45.8 Å². The second-order valence-corrected chi connectivity index (χ2v) is 6.83. The molecule has 0 aliphatic carbocycles. The van der Waals surface area contributed by atoms with Crippen molar-refractivity contribution in [2.45, 2.75) is 33.2 Å². The van der Waals surface area contributed by atoms with Crippen molar-refractivity contribution in [3.63, 3.8) is 0 Å². The smallest absolute Gasteiger partial charge is 0.278 e. The van der Waals surface area contributed by atoms with Gasteiger partial charge in [-0.2, -0.15) is 9.90 Å². The first-order chi connectivity index (χ1) is 11.1. The lowest BCUT2D eigenvalue weighted by Crippen LogP contribution is -2.25. The molecule has 24 heavy (non-hydrogen) atoms. The van der Waals surface area contributed by atoms with Crippen molar-refractivity contribution in [1.82, 2.24) is 19.9 Å². The minimum atomic E-state index is -0.350. The van der Waals surface area contributed by atoms with E-state index in [1.165, 1.54) is 9.70 Å². The number of amides is 2. The van der Waals surface area contributed by atoms with Gasteiger partial charge >= 0.3 is 0 Å². The summed E-state index contributed by atoms with van der Waals surface area (Å²) in [6.07, 6.45) is 0. The van der Waals surface area contributed by atoms with Crippen LogP contribution in [0.25, 0.3) is 0 Å². The van der Waals surface area contributed by atoms with Gasteiger partial charge in [0.2, 0.25) is 0 Å². The molecular formula is C17H23N5O2. The molecule has 1 heterocycles. The highest BCUT2D eigenvalue weighted by molar-refractivity contribution is 6.04. The predicted octanol–water partition coefficient (Wildman–Crippen LogP) is 2.30. The molecule has 128 valence electrons. The number of hydrogen-bond donors (Lipinski definition) is 1. The average molecular weight is 329 g/mol. The van der Waals surface area contributed by atoms with Crippen LogP contribution >= 0.6 is 0 Å². The van der Waals surface area contributed by atoms with Crippen molar-refractivity contribution in [1.29, 1.82) is 0 Å². The molecule has 0 saturated heterocycles. The Hall–Kier alpha value is -2.70. The molecule has 0 unspecified atom stereocenters. The standard InChI is InChI=1S/C17H23N5O2/c1-11-14(20-22(19-11)17(2,3)4)15(23)18-13-9-7-8-12(10-13)16(24)21(5)6/h7-10H,1-6H3,(H,18,23). The zero-order valence-electron chi connectivity index (χ0n) is 14.9. The van der Waals surface area contributed by atoms with Crippen LogP contribution in [0.15, 0.2) is 24.3 Å². The highest BCUT2D eigenvalue weighted by Gasteiger charge is 2.22. The lowest BCUT2D eigenvalue weighted by molar-refractivity contribution is 0.0827. The molecule has 1 aromatic heterocycles. The van der Waals surface area contributed by atoms with Crippen LogP contribution in [-0.2, 0) is 5.54 Å². The van der Waals surface area contributed by atoms with Gasteiger partial charge in [-0.1, -0.05) is 6.07 Å². The van der Waals surface area contributed by atoms with E-state index in [4.69, 9.17) is 0 Å². The number of anilines is 1. The quantitative estimate of drug-likeness (QED) is 0.937. The van der Waals surface area contributed by atoms with Gasteiger partial charge in [-0.15, -0.1) is 5.10 Å². The minimum absolute atomic E-state index is 0.124. The summed E-state index contributed by atoms with van der Waals surface area (Å²) in [6, 6.07) is 6.81. The normalized spacial score (nSPS) is 11.2. The van der Waals surface area contributed by atoms with E-state index in [1.54, 1.807) is 45.3 Å². The topological polar surface area (TPSA) is 80.1 Å². The molecule has 0 aliphatic rings. The molecule has 1 aromatic carbocycles. The first-order valence-corrected chi connectivity index (χ1v) is 7.67. The summed E-state index contributed by atoms with van der Waals surface area (Å²) in [6.45, 7) is 7.63. The summed E-state index contributed by atoms with van der Waals surface area (Å²) in [7, 11) is 3.36. The van der Waals surface area contributed by atoms with Crippen molar-refractivity contribution in [2.24, 2.45) is 0 Å². The van der Waals surface area contributed by atoms with Gasteiger partial charge in [0.15, 0.2) is 5.69 Å². The maximum atomic E-state index is 12.5. The van der Waals surface area contributed by atoms with E-state index in [-0.39, 0.29) is 23.0 Å². The molecule has 0 fully saturated rings. The Bertz CT molecular complexity index is 772. The number of nitrogens with one attached hydrogen (secondary N) is 1. The molecule has 0 radical (unpaired) electrons. The molecule has 2 aromatic rings. The van der Waals surface area contributed by atoms with Gasteiger partial charge in [-0.25, -0.2) is 0 Å². The van der Waals surface area contributed by atoms with Crippen LogP contribution in [0, 0.1) is 6.92 Å². The van der Waals surface area contributed by atoms with Crippen LogP contribution < -0.4 is 5.32 Å². The molecular weight excluding hydrogens is 306 g/mol. The molecule has 0 aliphatic heterocycles. The number of rotatable bonds is 3. The lowest BCUT2D eigenvalue weighted by Gasteiger charge is -2.16. The van der Waals surface area contributed by atoms with Gasteiger partial charge in [0.1, 0.15) is 0 Å². The molecule has 2 rings (SSSR count). The van der Waals surface area contributed by atoms with Gasteiger partial charge in [-0.3, -0.25) is 9.59 Å². The van der Waals surface area contributed by atoms with Crippen LogP contribution in [0.5, 0.6) is 0 Å². The summed E-state index contributed by atoms with van der Waals surface area (Å²) in [5.41, 5.74) is 1.57. The van der Waals surface area contributed by atoms with E-state index in [1.807, 2.05) is 20.8 Å². The number of benzene rings is 1. The Morgan fingerprint density at radius 3 is 2.38 bits per heavy atom. The number of carbonyl (C=O) groups excluding carboxylic acids is 2. The Balaban J connectivity index is 2.23. The van der Waals surface area contributed by atoms with E-state index in [0.29, 0.717) is 16.9 Å². The van der Waals surface area contributed by atoms with E-state index >= 15 is 0 Å². The Morgan fingerprint density at radius 1 is 1.17 bits per heavy atom. The first kappa shape index (κ1) is 17.7. The van der Waals surface area contributed by atoms with Crippen LogP contribution in [0.1, 0.15) is 47.3 Å². The molecule has 1 N–H and O–H groups in total. The van der Waals surface area contributed by atoms with E-state index in [2.05, 4.69) is 15.5 Å². The minimum Gasteiger partial charge on any atom is -0.345 e. The zero-order chi connectivity index (χ0) is 18.1. The number of hydrogen-bond acceptors (Lipinski definition) is 4.